The molecule has 4 aromatic carbocycles. The summed E-state index contributed by atoms with van der Waals surface area (Å²) in [4.78, 5) is 26.9. The van der Waals surface area contributed by atoms with E-state index in [1.54, 1.807) is 121 Å². The van der Waals surface area contributed by atoms with Crippen LogP contribution in [0.3, 0.4) is 0 Å². The average molecular weight is 440 g/mol. The molecule has 4 rings (SSSR count). The molecule has 0 unspecified atom stereocenters. The Hall–Kier alpha value is -3.59. The summed E-state index contributed by atoms with van der Waals surface area (Å²) >= 11 is 0. The van der Waals surface area contributed by atoms with Crippen LogP contribution in [-0.4, -0.2) is 17.7 Å². The normalized spacial score (nSPS) is 11.3. The quantitative estimate of drug-likeness (QED) is 0.218. The van der Waals surface area contributed by atoms with Gasteiger partial charge in [-0.05, 0) is 24.3 Å². The Morgan fingerprint density at radius 2 is 0.844 bits per heavy atom. The monoisotopic (exact) mass is 440 g/mol. The first-order chi connectivity index (χ1) is 15.6. The topological polar surface area (TPSA) is 60.4 Å². The van der Waals surface area contributed by atoms with E-state index >= 15 is 0 Å². The lowest BCUT2D eigenvalue weighted by Gasteiger charge is -2.24. The van der Waals surface area contributed by atoms with E-state index in [1.807, 2.05) is 0 Å². The van der Waals surface area contributed by atoms with E-state index in [2.05, 4.69) is 0 Å². The minimum Gasteiger partial charge on any atom is -0.302 e. The van der Waals surface area contributed by atoms with Crippen LogP contribution in [0.4, 0.5) is 0 Å². The predicted molar refractivity (Wildman–Crippen MR) is 126 cm³/mol. The van der Waals surface area contributed by atoms with Crippen molar-refractivity contribution >= 4 is 29.5 Å². The van der Waals surface area contributed by atoms with Gasteiger partial charge in [-0.3, -0.25) is 14.2 Å². The highest BCUT2D eigenvalue weighted by Gasteiger charge is 2.39. The molecule has 0 fully saturated rings. The molecule has 4 aromatic rings. The van der Waals surface area contributed by atoms with Crippen molar-refractivity contribution in [1.29, 1.82) is 0 Å². The zero-order chi connectivity index (χ0) is 22.4. The van der Waals surface area contributed by atoms with Crippen LogP contribution in [0, 0.1) is 0 Å². The largest absolute Gasteiger partial charge is 0.302 e. The van der Waals surface area contributed by atoms with E-state index in [4.69, 9.17) is 4.52 Å². The highest BCUT2D eigenvalue weighted by molar-refractivity contribution is 7.74. The van der Waals surface area contributed by atoms with Crippen LogP contribution in [0.25, 0.3) is 0 Å². The third-order valence-electron chi connectivity index (χ3n) is 5.04. The van der Waals surface area contributed by atoms with Crippen molar-refractivity contribution in [2.45, 2.75) is 6.10 Å². The fourth-order valence-electron chi connectivity index (χ4n) is 3.39. The maximum absolute atomic E-state index is 14.4. The van der Waals surface area contributed by atoms with Gasteiger partial charge in [0.2, 0.25) is 0 Å². The van der Waals surface area contributed by atoms with Crippen molar-refractivity contribution in [1.82, 2.24) is 0 Å². The lowest BCUT2D eigenvalue weighted by Crippen LogP contribution is -2.35. The van der Waals surface area contributed by atoms with E-state index in [0.29, 0.717) is 21.7 Å². The molecule has 0 aliphatic carbocycles. The van der Waals surface area contributed by atoms with Crippen LogP contribution in [-0.2, 0) is 9.09 Å². The van der Waals surface area contributed by atoms with E-state index in [-0.39, 0.29) is 0 Å². The molecule has 32 heavy (non-hydrogen) atoms. The van der Waals surface area contributed by atoms with Crippen LogP contribution in [0.5, 0.6) is 0 Å². The van der Waals surface area contributed by atoms with Crippen molar-refractivity contribution in [3.63, 3.8) is 0 Å². The minimum atomic E-state index is -3.77. The fraction of sp³-hybridized carbons (Fsp3) is 0.0370. The van der Waals surface area contributed by atoms with Gasteiger partial charge in [0.1, 0.15) is 0 Å². The third kappa shape index (κ3) is 4.52. The first-order valence-corrected chi connectivity index (χ1v) is 11.8. The van der Waals surface area contributed by atoms with Crippen molar-refractivity contribution in [3.8, 4) is 0 Å². The second kappa shape index (κ2) is 9.69. The molecule has 0 aromatic heterocycles. The number of hydrogen-bond acceptors (Lipinski definition) is 4. The zero-order valence-corrected chi connectivity index (χ0v) is 18.1. The van der Waals surface area contributed by atoms with Crippen LogP contribution in [0.15, 0.2) is 121 Å². The Bertz CT molecular complexity index is 1150. The molecule has 0 N–H and O–H groups in total. The van der Waals surface area contributed by atoms with Crippen LogP contribution in [0.2, 0.25) is 0 Å². The van der Waals surface area contributed by atoms with Gasteiger partial charge in [0.15, 0.2) is 17.7 Å². The average Bonchev–Trinajstić information content (AvgIpc) is 2.88. The minimum absolute atomic E-state index is 0.314. The summed E-state index contributed by atoms with van der Waals surface area (Å²) in [5, 5.41) is 0.829. The molecule has 0 bridgehead atoms. The summed E-state index contributed by atoms with van der Waals surface area (Å²) in [7, 11) is -3.77. The van der Waals surface area contributed by atoms with Gasteiger partial charge in [-0.1, -0.05) is 97.1 Å². The van der Waals surface area contributed by atoms with Gasteiger partial charge in [0.25, 0.3) is 7.37 Å². The lowest BCUT2D eigenvalue weighted by atomic mass is 9.99. The van der Waals surface area contributed by atoms with Gasteiger partial charge >= 0.3 is 0 Å². The smallest absolute Gasteiger partial charge is 0.262 e. The lowest BCUT2D eigenvalue weighted by molar-refractivity contribution is 0.0680. The van der Waals surface area contributed by atoms with Gasteiger partial charge in [0.05, 0.1) is 0 Å². The van der Waals surface area contributed by atoms with Crippen molar-refractivity contribution in [2.24, 2.45) is 0 Å². The number of benzene rings is 4. The molecular weight excluding hydrogens is 419 g/mol. The van der Waals surface area contributed by atoms with E-state index in [1.165, 1.54) is 0 Å². The zero-order valence-electron chi connectivity index (χ0n) is 17.2. The third-order valence-corrected chi connectivity index (χ3v) is 7.50. The fourth-order valence-corrected chi connectivity index (χ4v) is 5.55. The Morgan fingerprint density at radius 1 is 0.531 bits per heavy atom. The van der Waals surface area contributed by atoms with Gasteiger partial charge in [0, 0.05) is 21.7 Å². The second-order valence-corrected chi connectivity index (χ2v) is 9.52. The molecule has 0 saturated heterocycles. The van der Waals surface area contributed by atoms with Crippen molar-refractivity contribution in [3.05, 3.63) is 132 Å². The maximum atomic E-state index is 14.4. The van der Waals surface area contributed by atoms with Gasteiger partial charge < -0.3 is 4.52 Å². The first kappa shape index (κ1) is 21.6. The molecule has 0 saturated carbocycles. The summed E-state index contributed by atoms with van der Waals surface area (Å²) in [6, 6.07) is 34.2. The highest BCUT2D eigenvalue weighted by Crippen LogP contribution is 2.46. The van der Waals surface area contributed by atoms with Crippen LogP contribution in [0.1, 0.15) is 20.7 Å². The molecule has 0 spiro atoms. The highest BCUT2D eigenvalue weighted by atomic mass is 31.2. The van der Waals surface area contributed by atoms with Crippen molar-refractivity contribution in [2.75, 3.05) is 0 Å². The molecule has 0 radical (unpaired) electrons. The second-order valence-electron chi connectivity index (χ2n) is 7.17. The number of Topliss-reactive ketones (excluding diaryl/α,β-unsaturated/α-hetero) is 2. The Morgan fingerprint density at radius 3 is 1.19 bits per heavy atom. The van der Waals surface area contributed by atoms with Gasteiger partial charge in [-0.2, -0.15) is 0 Å². The molecular formula is C27H21O4P. The van der Waals surface area contributed by atoms with E-state index < -0.39 is 25.0 Å². The van der Waals surface area contributed by atoms with Crippen molar-refractivity contribution < 1.29 is 18.7 Å². The molecule has 0 aliphatic rings. The molecule has 5 heteroatoms. The molecule has 0 atom stereocenters. The summed E-state index contributed by atoms with van der Waals surface area (Å²) in [6.45, 7) is 0. The SMILES string of the molecule is O=C(c1ccccc1)C(OP(=O)(c1ccccc1)c1ccccc1)C(=O)c1ccccc1. The maximum Gasteiger partial charge on any atom is 0.262 e. The van der Waals surface area contributed by atoms with Crippen LogP contribution < -0.4 is 10.6 Å². The number of carbonyl (C=O) groups excluding carboxylic acids is 2. The van der Waals surface area contributed by atoms with Gasteiger partial charge in [-0.25, -0.2) is 0 Å². The predicted octanol–water partition coefficient (Wildman–Crippen LogP) is 5.07. The Balaban J connectivity index is 1.83. The first-order valence-electron chi connectivity index (χ1n) is 10.2. The Labute approximate surface area is 187 Å². The van der Waals surface area contributed by atoms with Crippen LogP contribution >= 0.6 is 7.37 Å². The number of hydrogen-bond donors (Lipinski definition) is 0. The molecule has 158 valence electrons. The summed E-state index contributed by atoms with van der Waals surface area (Å²) in [5.41, 5.74) is 0.629. The van der Waals surface area contributed by atoms with E-state index in [0.717, 1.165) is 0 Å². The summed E-state index contributed by atoms with van der Waals surface area (Å²) in [5.74, 6) is -1.07. The van der Waals surface area contributed by atoms with E-state index in [9.17, 15) is 14.2 Å². The number of ketones is 2. The number of rotatable bonds is 8. The Kier molecular flexibility index (Phi) is 6.55. The molecule has 0 aliphatic heterocycles. The molecule has 0 amide bonds. The summed E-state index contributed by atoms with van der Waals surface area (Å²) < 4.78 is 20.5. The molecule has 4 nitrogen and oxygen atoms in total. The number of carbonyl (C=O) groups is 2. The summed E-state index contributed by atoms with van der Waals surface area (Å²) in [6.07, 6.45) is -1.56. The molecule has 0 heterocycles. The van der Waals surface area contributed by atoms with Gasteiger partial charge in [-0.15, -0.1) is 0 Å². The standard InChI is InChI=1S/C27H21O4P/c28-25(21-13-5-1-6-14-21)27(26(29)22-15-7-2-8-16-22)31-32(30,23-17-9-3-10-18-23)24-19-11-4-12-20-24/h1-20,27H.